The summed E-state index contributed by atoms with van der Waals surface area (Å²) in [6.07, 6.45) is 0.958. The molecule has 92 valence electrons. The fourth-order valence-electron chi connectivity index (χ4n) is 1.38. The van der Waals surface area contributed by atoms with E-state index >= 15 is 0 Å². The van der Waals surface area contributed by atoms with Crippen molar-refractivity contribution in [1.82, 2.24) is 0 Å². The third kappa shape index (κ3) is 4.24. The number of aliphatic imine (C=N–C) groups is 1. The van der Waals surface area contributed by atoms with E-state index in [1.54, 1.807) is 21.6 Å². The van der Waals surface area contributed by atoms with Crippen molar-refractivity contribution in [2.45, 2.75) is 18.2 Å². The Bertz CT molecular complexity index is 494. The summed E-state index contributed by atoms with van der Waals surface area (Å²) >= 11 is 0. The molecule has 0 heterocycles. The zero-order valence-electron chi connectivity index (χ0n) is 10.2. The van der Waals surface area contributed by atoms with Crippen LogP contribution in [0.25, 0.3) is 0 Å². The molecule has 18 heavy (non-hydrogen) atoms. The first-order valence-electron chi connectivity index (χ1n) is 5.90. The Hall–Kier alpha value is -1.19. The highest BCUT2D eigenvalue weighted by molar-refractivity contribution is 8.82. The van der Waals surface area contributed by atoms with Gasteiger partial charge in [-0.1, -0.05) is 54.1 Å². The Morgan fingerprint density at radius 2 is 1.56 bits per heavy atom. The van der Waals surface area contributed by atoms with Crippen molar-refractivity contribution < 1.29 is 0 Å². The predicted molar refractivity (Wildman–Crippen MR) is 83.7 cm³/mol. The quantitative estimate of drug-likeness (QED) is 0.410. The van der Waals surface area contributed by atoms with Crippen LogP contribution in [-0.4, -0.2) is 5.04 Å². The molecule has 0 bridgehead atoms. The van der Waals surface area contributed by atoms with Crippen LogP contribution < -0.4 is 0 Å². The lowest BCUT2D eigenvalue weighted by molar-refractivity contribution is 1.30. The molecule has 0 aliphatic rings. The Labute approximate surface area is 116 Å². The summed E-state index contributed by atoms with van der Waals surface area (Å²) < 4.78 is 0. The fourth-order valence-corrected chi connectivity index (χ4v) is 3.47. The summed E-state index contributed by atoms with van der Waals surface area (Å²) in [4.78, 5) is 5.91. The van der Waals surface area contributed by atoms with E-state index < -0.39 is 0 Å². The van der Waals surface area contributed by atoms with E-state index in [9.17, 15) is 0 Å². The molecular weight excluding hydrogens is 258 g/mol. The second kappa shape index (κ2) is 7.29. The average Bonchev–Trinajstić information content (AvgIpc) is 2.45. The minimum Gasteiger partial charge on any atom is -0.246 e. The molecular formula is C15H15NS2. The molecule has 0 saturated heterocycles. The molecule has 0 atom stereocenters. The molecule has 0 aromatic heterocycles. The van der Waals surface area contributed by atoms with Crippen LogP contribution in [0.1, 0.15) is 13.3 Å². The van der Waals surface area contributed by atoms with Gasteiger partial charge in [-0.05, 0) is 41.5 Å². The Morgan fingerprint density at radius 1 is 0.944 bits per heavy atom. The van der Waals surface area contributed by atoms with Crippen molar-refractivity contribution in [3.8, 4) is 0 Å². The molecule has 0 spiro atoms. The van der Waals surface area contributed by atoms with Crippen LogP contribution in [-0.2, 0) is 0 Å². The smallest absolute Gasteiger partial charge is 0.0845 e. The number of para-hydroxylation sites is 1. The van der Waals surface area contributed by atoms with Crippen LogP contribution in [0.3, 0.4) is 0 Å². The van der Waals surface area contributed by atoms with Crippen molar-refractivity contribution in [2.24, 2.45) is 4.99 Å². The van der Waals surface area contributed by atoms with E-state index in [-0.39, 0.29) is 0 Å². The predicted octanol–water partition coefficient (Wildman–Crippen LogP) is 5.57. The molecule has 2 rings (SSSR count). The average molecular weight is 273 g/mol. The molecule has 0 radical (unpaired) electrons. The fraction of sp³-hybridized carbons (Fsp3) is 0.133. The zero-order valence-corrected chi connectivity index (χ0v) is 11.9. The van der Waals surface area contributed by atoms with E-state index in [4.69, 9.17) is 0 Å². The molecule has 0 amide bonds. The van der Waals surface area contributed by atoms with Gasteiger partial charge in [-0.15, -0.1) is 0 Å². The molecule has 2 aromatic carbocycles. The number of rotatable bonds is 4. The van der Waals surface area contributed by atoms with Crippen molar-refractivity contribution in [2.75, 3.05) is 0 Å². The third-order valence-corrected chi connectivity index (χ3v) is 4.81. The SMILES string of the molecule is CCC(=Nc1ccccc1)SSc1ccccc1. The lowest BCUT2D eigenvalue weighted by Crippen LogP contribution is -1.85. The van der Waals surface area contributed by atoms with Crippen LogP contribution in [0.5, 0.6) is 0 Å². The summed E-state index contributed by atoms with van der Waals surface area (Å²) in [5.41, 5.74) is 1.02. The summed E-state index contributed by atoms with van der Waals surface area (Å²) in [7, 11) is 3.49. The molecule has 0 saturated carbocycles. The van der Waals surface area contributed by atoms with E-state index in [2.05, 4.69) is 36.2 Å². The lowest BCUT2D eigenvalue weighted by atomic mass is 10.3. The molecule has 2 aromatic rings. The topological polar surface area (TPSA) is 12.4 Å². The number of hydrogen-bond donors (Lipinski definition) is 0. The second-order valence-corrected chi connectivity index (χ2v) is 5.95. The highest BCUT2D eigenvalue weighted by atomic mass is 33.1. The highest BCUT2D eigenvalue weighted by Crippen LogP contribution is 2.33. The first-order chi connectivity index (χ1) is 8.88. The monoisotopic (exact) mass is 273 g/mol. The van der Waals surface area contributed by atoms with Gasteiger partial charge in [0.1, 0.15) is 0 Å². The summed E-state index contributed by atoms with van der Waals surface area (Å²) in [6, 6.07) is 20.5. The summed E-state index contributed by atoms with van der Waals surface area (Å²) in [5, 5.41) is 1.15. The molecule has 0 N–H and O–H groups in total. The Kier molecular flexibility index (Phi) is 5.36. The summed E-state index contributed by atoms with van der Waals surface area (Å²) in [5.74, 6) is 0. The third-order valence-electron chi connectivity index (χ3n) is 2.29. The van der Waals surface area contributed by atoms with Gasteiger partial charge in [0.15, 0.2) is 0 Å². The largest absolute Gasteiger partial charge is 0.246 e. The van der Waals surface area contributed by atoms with Crippen LogP contribution >= 0.6 is 21.6 Å². The van der Waals surface area contributed by atoms with Gasteiger partial charge < -0.3 is 0 Å². The molecule has 3 heteroatoms. The van der Waals surface area contributed by atoms with Gasteiger partial charge in [0.25, 0.3) is 0 Å². The van der Waals surface area contributed by atoms with Crippen molar-refractivity contribution in [3.63, 3.8) is 0 Å². The molecule has 1 nitrogen and oxygen atoms in total. The van der Waals surface area contributed by atoms with Gasteiger partial charge in [-0.3, -0.25) is 0 Å². The molecule has 0 fully saturated rings. The lowest BCUT2D eigenvalue weighted by Gasteiger charge is -2.03. The normalized spacial score (nSPS) is 11.5. The Balaban J connectivity index is 2.00. The first-order valence-corrected chi connectivity index (χ1v) is 8.05. The number of benzene rings is 2. The van der Waals surface area contributed by atoms with Gasteiger partial charge in [0.05, 0.1) is 10.7 Å². The molecule has 0 unspecified atom stereocenters. The van der Waals surface area contributed by atoms with Gasteiger partial charge in [0, 0.05) is 4.90 Å². The minimum atomic E-state index is 0.958. The van der Waals surface area contributed by atoms with Crippen LogP contribution in [0.4, 0.5) is 5.69 Å². The van der Waals surface area contributed by atoms with E-state index in [0.29, 0.717) is 0 Å². The van der Waals surface area contributed by atoms with E-state index in [1.165, 1.54) is 4.90 Å². The van der Waals surface area contributed by atoms with Gasteiger partial charge in [-0.2, -0.15) is 0 Å². The van der Waals surface area contributed by atoms with Crippen LogP contribution in [0.2, 0.25) is 0 Å². The minimum absolute atomic E-state index is 0.958. The van der Waals surface area contributed by atoms with E-state index in [0.717, 1.165) is 17.2 Å². The van der Waals surface area contributed by atoms with Crippen molar-refractivity contribution >= 4 is 32.3 Å². The van der Waals surface area contributed by atoms with Gasteiger partial charge in [0.2, 0.25) is 0 Å². The maximum atomic E-state index is 4.65. The van der Waals surface area contributed by atoms with Crippen molar-refractivity contribution in [1.29, 1.82) is 0 Å². The number of hydrogen-bond acceptors (Lipinski definition) is 3. The van der Waals surface area contributed by atoms with Crippen molar-refractivity contribution in [3.05, 3.63) is 60.7 Å². The van der Waals surface area contributed by atoms with Crippen LogP contribution in [0, 0.1) is 0 Å². The highest BCUT2D eigenvalue weighted by Gasteiger charge is 2.00. The maximum Gasteiger partial charge on any atom is 0.0845 e. The standard InChI is InChI=1S/C15H15NS2/c1-2-15(16-13-9-5-3-6-10-13)18-17-14-11-7-4-8-12-14/h3-12H,2H2,1H3. The second-order valence-electron chi connectivity index (χ2n) is 3.67. The van der Waals surface area contributed by atoms with Gasteiger partial charge in [-0.25, -0.2) is 4.99 Å². The Morgan fingerprint density at radius 3 is 2.17 bits per heavy atom. The summed E-state index contributed by atoms with van der Waals surface area (Å²) in [6.45, 7) is 2.14. The molecule has 0 aliphatic heterocycles. The molecule has 0 aliphatic carbocycles. The van der Waals surface area contributed by atoms with Crippen LogP contribution in [0.15, 0.2) is 70.6 Å². The zero-order chi connectivity index (χ0) is 12.6. The van der Waals surface area contributed by atoms with E-state index in [1.807, 2.05) is 36.4 Å². The first kappa shape index (κ1) is 13.2. The maximum absolute atomic E-state index is 4.65. The number of nitrogens with zero attached hydrogens (tertiary/aromatic N) is 1. The van der Waals surface area contributed by atoms with Gasteiger partial charge >= 0.3 is 0 Å².